The summed E-state index contributed by atoms with van der Waals surface area (Å²) in [4.78, 5) is 12.4. The molecule has 0 rings (SSSR count). The van der Waals surface area contributed by atoms with Crippen LogP contribution in [0, 0.1) is 0 Å². The second-order valence-electron chi connectivity index (χ2n) is 15.1. The third-order valence-corrected chi connectivity index (χ3v) is 9.86. The highest BCUT2D eigenvalue weighted by atomic mass is 16.3. The van der Waals surface area contributed by atoms with Gasteiger partial charge < -0.3 is 15.5 Å². The quantitative estimate of drug-likeness (QED) is 0.0430. The lowest BCUT2D eigenvalue weighted by Gasteiger charge is -2.22. The summed E-state index contributed by atoms with van der Waals surface area (Å²) < 4.78 is 0. The number of carbonyl (C=O) groups excluding carboxylic acids is 1. The number of aliphatic hydroxyl groups is 2. The Bertz CT molecular complexity index is 1050. The minimum Gasteiger partial charge on any atom is -0.394 e. The van der Waals surface area contributed by atoms with Crippen LogP contribution in [0.3, 0.4) is 0 Å². The lowest BCUT2D eigenvalue weighted by atomic mass is 10.0. The molecule has 0 aliphatic carbocycles. The number of allylic oxidation sites excluding steroid dienone is 16. The van der Waals surface area contributed by atoms with Gasteiger partial charge in [-0.05, 0) is 77.0 Å². The van der Waals surface area contributed by atoms with Gasteiger partial charge in [-0.1, -0.05) is 214 Å². The molecule has 0 saturated carbocycles. The Hall–Kier alpha value is -2.69. The van der Waals surface area contributed by atoms with Crippen molar-refractivity contribution in [1.29, 1.82) is 0 Å². The Morgan fingerprint density at radius 3 is 1.16 bits per heavy atom. The van der Waals surface area contributed by atoms with Gasteiger partial charge in [0.1, 0.15) is 0 Å². The van der Waals surface area contributed by atoms with E-state index in [1.54, 1.807) is 0 Å². The van der Waals surface area contributed by atoms with Crippen LogP contribution in [-0.2, 0) is 4.79 Å². The molecule has 0 radical (unpaired) electrons. The Kier molecular flexibility index (Phi) is 43.5. The van der Waals surface area contributed by atoms with E-state index in [2.05, 4.69) is 116 Å². The molecular weight excluding hydrogens is 675 g/mol. The average Bonchev–Trinajstić information content (AvgIpc) is 3.19. The lowest BCUT2D eigenvalue weighted by molar-refractivity contribution is -0.123. The minimum absolute atomic E-state index is 0.0774. The van der Waals surface area contributed by atoms with Crippen molar-refractivity contribution in [3.05, 3.63) is 97.2 Å². The van der Waals surface area contributed by atoms with Gasteiger partial charge in [0.25, 0.3) is 0 Å². The molecule has 3 N–H and O–H groups in total. The van der Waals surface area contributed by atoms with E-state index in [1.807, 2.05) is 0 Å². The zero-order valence-corrected chi connectivity index (χ0v) is 35.9. The summed E-state index contributed by atoms with van der Waals surface area (Å²) in [7, 11) is 0. The zero-order valence-electron chi connectivity index (χ0n) is 35.9. The molecule has 0 fully saturated rings. The fraction of sp³-hybridized carbons (Fsp3) is 0.667. The summed E-state index contributed by atoms with van der Waals surface area (Å²) in [6.07, 6.45) is 67.7. The number of unbranched alkanes of at least 4 members (excludes halogenated alkanes) is 17. The van der Waals surface area contributed by atoms with Crippen molar-refractivity contribution >= 4 is 5.91 Å². The van der Waals surface area contributed by atoms with Crippen LogP contribution in [0.15, 0.2) is 97.2 Å². The van der Waals surface area contributed by atoms with Crippen LogP contribution in [0.25, 0.3) is 0 Å². The molecule has 55 heavy (non-hydrogen) atoms. The lowest BCUT2D eigenvalue weighted by Crippen LogP contribution is -2.45. The molecular formula is C51H87NO3. The summed E-state index contributed by atoms with van der Waals surface area (Å²) in [5.74, 6) is -0.0774. The summed E-state index contributed by atoms with van der Waals surface area (Å²) in [5.41, 5.74) is 0. The second-order valence-corrected chi connectivity index (χ2v) is 15.1. The van der Waals surface area contributed by atoms with Crippen molar-refractivity contribution in [3.8, 4) is 0 Å². The predicted octanol–water partition coefficient (Wildman–Crippen LogP) is 14.6. The Morgan fingerprint density at radius 2 is 0.800 bits per heavy atom. The van der Waals surface area contributed by atoms with E-state index in [0.29, 0.717) is 12.8 Å². The summed E-state index contributed by atoms with van der Waals surface area (Å²) in [5, 5.41) is 23.2. The molecule has 0 spiro atoms. The maximum atomic E-state index is 12.4. The van der Waals surface area contributed by atoms with Crippen molar-refractivity contribution in [1.82, 2.24) is 5.32 Å². The first-order valence-electron chi connectivity index (χ1n) is 22.9. The molecule has 0 aromatic rings. The average molecular weight is 762 g/mol. The molecule has 0 saturated heterocycles. The van der Waals surface area contributed by atoms with Crippen LogP contribution >= 0.6 is 0 Å². The molecule has 2 unspecified atom stereocenters. The van der Waals surface area contributed by atoms with Gasteiger partial charge in [0, 0.05) is 6.42 Å². The first kappa shape index (κ1) is 52.3. The van der Waals surface area contributed by atoms with Gasteiger partial charge in [-0.3, -0.25) is 4.79 Å². The highest BCUT2D eigenvalue weighted by Crippen LogP contribution is 2.15. The van der Waals surface area contributed by atoms with Gasteiger partial charge in [0.2, 0.25) is 5.91 Å². The fourth-order valence-corrected chi connectivity index (χ4v) is 6.37. The Morgan fingerprint density at radius 1 is 0.455 bits per heavy atom. The van der Waals surface area contributed by atoms with Gasteiger partial charge >= 0.3 is 0 Å². The van der Waals surface area contributed by atoms with Gasteiger partial charge in [0.05, 0.1) is 18.8 Å². The van der Waals surface area contributed by atoms with Crippen LogP contribution in [0.5, 0.6) is 0 Å². The zero-order chi connectivity index (χ0) is 40.0. The smallest absolute Gasteiger partial charge is 0.220 e. The number of amides is 1. The first-order chi connectivity index (χ1) is 27.2. The molecule has 0 bridgehead atoms. The van der Waals surface area contributed by atoms with E-state index in [4.69, 9.17) is 0 Å². The predicted molar refractivity (Wildman–Crippen MR) is 243 cm³/mol. The van der Waals surface area contributed by atoms with E-state index in [0.717, 1.165) is 83.5 Å². The van der Waals surface area contributed by atoms with Crippen molar-refractivity contribution in [2.45, 2.75) is 212 Å². The second kappa shape index (κ2) is 45.7. The fourth-order valence-electron chi connectivity index (χ4n) is 6.37. The van der Waals surface area contributed by atoms with Crippen LogP contribution in [0.4, 0.5) is 0 Å². The molecule has 0 aromatic carbocycles. The molecule has 1 amide bonds. The maximum Gasteiger partial charge on any atom is 0.220 e. The van der Waals surface area contributed by atoms with Crippen LogP contribution < -0.4 is 5.32 Å². The van der Waals surface area contributed by atoms with Gasteiger partial charge in [-0.15, -0.1) is 0 Å². The van der Waals surface area contributed by atoms with E-state index >= 15 is 0 Å². The number of hydrogen-bond acceptors (Lipinski definition) is 3. The minimum atomic E-state index is -0.684. The summed E-state index contributed by atoms with van der Waals surface area (Å²) in [6, 6.07) is -0.566. The van der Waals surface area contributed by atoms with E-state index < -0.39 is 12.1 Å². The van der Waals surface area contributed by atoms with E-state index in [-0.39, 0.29) is 12.5 Å². The van der Waals surface area contributed by atoms with Crippen LogP contribution in [-0.4, -0.2) is 34.9 Å². The Balaban J connectivity index is 3.70. The van der Waals surface area contributed by atoms with Crippen molar-refractivity contribution in [2.24, 2.45) is 0 Å². The molecule has 0 aliphatic rings. The third kappa shape index (κ3) is 42.3. The van der Waals surface area contributed by atoms with E-state index in [9.17, 15) is 15.0 Å². The van der Waals surface area contributed by atoms with Crippen molar-refractivity contribution in [2.75, 3.05) is 6.61 Å². The third-order valence-electron chi connectivity index (χ3n) is 9.86. The van der Waals surface area contributed by atoms with Crippen molar-refractivity contribution < 1.29 is 15.0 Å². The van der Waals surface area contributed by atoms with Gasteiger partial charge in [0.15, 0.2) is 0 Å². The normalized spacial score (nSPS) is 13.9. The maximum absolute atomic E-state index is 12.4. The van der Waals surface area contributed by atoms with Gasteiger partial charge in [-0.25, -0.2) is 0 Å². The molecule has 2 atom stereocenters. The molecule has 0 heterocycles. The molecule has 4 nitrogen and oxygen atoms in total. The number of rotatable bonds is 40. The molecule has 0 aliphatic heterocycles. The number of carbonyl (C=O) groups is 1. The molecule has 314 valence electrons. The SMILES string of the molecule is CC/C=C\C/C=C\C/C=C\C/C=C\C/C=C\C/C=C\C/C=C\C/C=C\CCCCC(=O)NC(CO)C(O)CCCCCCCCCCCCCCCCCC. The topological polar surface area (TPSA) is 69.6 Å². The summed E-state index contributed by atoms with van der Waals surface area (Å²) in [6.45, 7) is 4.22. The largest absolute Gasteiger partial charge is 0.394 e. The van der Waals surface area contributed by atoms with Gasteiger partial charge in [-0.2, -0.15) is 0 Å². The molecule has 4 heteroatoms. The number of hydrogen-bond donors (Lipinski definition) is 3. The summed E-state index contributed by atoms with van der Waals surface area (Å²) >= 11 is 0. The monoisotopic (exact) mass is 762 g/mol. The standard InChI is InChI=1S/C51H87NO3/c1-3-5-7-9-11-13-15-17-19-21-22-23-24-25-26-27-28-29-30-31-33-35-37-39-41-43-45-47-51(55)52-49(48-53)50(54)46-44-42-40-38-36-34-32-20-18-16-14-12-10-8-6-4-2/h5,7,11,13,17,19,22-23,25-26,28-29,31,33,37,39,49-50,53-54H,3-4,6,8-10,12,14-16,18,20-21,24,27,30,32,34-36,38,40-48H2,1-2H3,(H,52,55)/b7-5-,13-11-,19-17-,23-22-,26-25-,29-28-,33-31-,39-37-. The first-order valence-corrected chi connectivity index (χ1v) is 22.9. The highest BCUT2D eigenvalue weighted by molar-refractivity contribution is 5.76. The van der Waals surface area contributed by atoms with Crippen molar-refractivity contribution in [3.63, 3.8) is 0 Å². The molecule has 0 aromatic heterocycles. The van der Waals surface area contributed by atoms with E-state index in [1.165, 1.54) is 89.9 Å². The number of nitrogens with one attached hydrogen (secondary N) is 1. The van der Waals surface area contributed by atoms with Crippen LogP contribution in [0.2, 0.25) is 0 Å². The van der Waals surface area contributed by atoms with Crippen LogP contribution in [0.1, 0.15) is 200 Å². The highest BCUT2D eigenvalue weighted by Gasteiger charge is 2.19. The number of aliphatic hydroxyl groups excluding tert-OH is 2. The Labute approximate surface area is 341 Å².